The Labute approximate surface area is 247 Å². The Bertz CT molecular complexity index is 1300. The van der Waals surface area contributed by atoms with Crippen molar-refractivity contribution < 1.29 is 9.53 Å². The number of ether oxygens (including phenoxy) is 1. The predicted molar refractivity (Wildman–Crippen MR) is 169 cm³/mol. The second kappa shape index (κ2) is 13.8. The number of fused-ring (bicyclic) bond motifs is 2. The number of likely N-dealkylation sites (N-methyl/N-ethyl adjacent to an activating group) is 1. The second-order valence-electron chi connectivity index (χ2n) is 12.7. The molecule has 0 aromatic heterocycles. The van der Waals surface area contributed by atoms with E-state index < -0.39 is 0 Å². The first kappa shape index (κ1) is 29.5. The van der Waals surface area contributed by atoms with Crippen LogP contribution in [0.1, 0.15) is 105 Å². The van der Waals surface area contributed by atoms with Crippen molar-refractivity contribution in [3.05, 3.63) is 93.8 Å². The Hall–Kier alpha value is -2.98. The summed E-state index contributed by atoms with van der Waals surface area (Å²) >= 11 is 0. The molecule has 1 amide bonds. The number of rotatable bonds is 6. The molecule has 2 aromatic carbocycles. The molecule has 0 bridgehead atoms. The lowest BCUT2D eigenvalue weighted by Crippen LogP contribution is -2.28. The average Bonchev–Trinajstić information content (AvgIpc) is 3.17. The highest BCUT2D eigenvalue weighted by Crippen LogP contribution is 2.35. The number of benzene rings is 2. The van der Waals surface area contributed by atoms with Gasteiger partial charge in [0.25, 0.3) is 5.91 Å². The largest absolute Gasteiger partial charge is 0.381 e. The van der Waals surface area contributed by atoms with E-state index in [9.17, 15) is 4.79 Å². The molecule has 3 unspecified atom stereocenters. The van der Waals surface area contributed by atoms with Gasteiger partial charge in [-0.2, -0.15) is 0 Å². The number of hydrogen-bond acceptors (Lipinski definition) is 3. The van der Waals surface area contributed by atoms with Crippen LogP contribution in [0, 0.1) is 11.8 Å². The third-order valence-corrected chi connectivity index (χ3v) is 9.80. The fourth-order valence-corrected chi connectivity index (χ4v) is 6.81. The minimum atomic E-state index is 0.0634. The van der Waals surface area contributed by atoms with Crippen molar-refractivity contribution in [1.29, 1.82) is 0 Å². The molecule has 1 fully saturated rings. The molecule has 41 heavy (non-hydrogen) atoms. The average molecular weight is 553 g/mol. The molecule has 5 rings (SSSR count). The van der Waals surface area contributed by atoms with Crippen LogP contribution in [0.5, 0.6) is 0 Å². The van der Waals surface area contributed by atoms with Gasteiger partial charge in [0.2, 0.25) is 0 Å². The van der Waals surface area contributed by atoms with Crippen molar-refractivity contribution in [3.63, 3.8) is 0 Å². The zero-order chi connectivity index (χ0) is 28.8. The van der Waals surface area contributed by atoms with Crippen LogP contribution in [0.15, 0.2) is 76.6 Å². The lowest BCUT2D eigenvalue weighted by molar-refractivity contribution is 0.0837. The topological polar surface area (TPSA) is 41.9 Å². The molecule has 218 valence electrons. The van der Waals surface area contributed by atoms with Crippen molar-refractivity contribution in [2.24, 2.45) is 16.8 Å². The predicted octanol–water partition coefficient (Wildman–Crippen LogP) is 8.68. The highest BCUT2D eigenvalue weighted by molar-refractivity contribution is 5.97. The molecule has 0 radical (unpaired) electrons. The molecule has 0 aliphatic carbocycles. The van der Waals surface area contributed by atoms with Crippen LogP contribution in [0.4, 0.5) is 0 Å². The van der Waals surface area contributed by atoms with E-state index in [1.807, 2.05) is 36.3 Å². The number of carbonyl (C=O) groups is 1. The summed E-state index contributed by atoms with van der Waals surface area (Å²) < 4.78 is 5.70. The summed E-state index contributed by atoms with van der Waals surface area (Å²) in [5.74, 6) is 1.86. The van der Waals surface area contributed by atoms with Crippen LogP contribution in [0.25, 0.3) is 0 Å². The summed E-state index contributed by atoms with van der Waals surface area (Å²) in [4.78, 5) is 20.5. The van der Waals surface area contributed by atoms with Gasteiger partial charge in [-0.1, -0.05) is 61.9 Å². The smallest absolute Gasteiger partial charge is 0.258 e. The van der Waals surface area contributed by atoms with Crippen molar-refractivity contribution in [2.45, 2.75) is 90.9 Å². The summed E-state index contributed by atoms with van der Waals surface area (Å²) in [6, 6.07) is 17.4. The van der Waals surface area contributed by atoms with Crippen molar-refractivity contribution >= 4 is 11.6 Å². The molecular weight excluding hydrogens is 504 g/mol. The first-order valence-corrected chi connectivity index (χ1v) is 15.9. The number of allylic oxidation sites excluding steroid dienone is 2. The maximum absolute atomic E-state index is 13.6. The molecule has 4 nitrogen and oxygen atoms in total. The highest BCUT2D eigenvalue weighted by Gasteiger charge is 2.27. The van der Waals surface area contributed by atoms with Gasteiger partial charge in [-0.15, -0.1) is 0 Å². The summed E-state index contributed by atoms with van der Waals surface area (Å²) in [6.07, 6.45) is 12.7. The van der Waals surface area contributed by atoms with Crippen molar-refractivity contribution in [2.75, 3.05) is 20.3 Å². The number of aliphatic imine (C=N–C) groups is 1. The normalized spacial score (nSPS) is 24.0. The molecular formula is C37H48N2O2. The number of nitrogens with zero attached hydrogens (tertiary/aromatic N) is 2. The van der Waals surface area contributed by atoms with Gasteiger partial charge >= 0.3 is 0 Å². The van der Waals surface area contributed by atoms with Crippen LogP contribution in [0.3, 0.4) is 0 Å². The van der Waals surface area contributed by atoms with E-state index in [0.29, 0.717) is 5.92 Å². The van der Waals surface area contributed by atoms with Gasteiger partial charge in [-0.05, 0) is 117 Å². The standard InChI is InChI=1S/C37H48N2O2/c1-26-20-22-41-23-21-31(26)24-30-16-14-29(15-17-30)8-7-9-32-18-12-28(3)34-19-13-27(2)33-10-5-6-11-35(33)37(40)39(4)36(34)25-38-32/h5-6,10-11,14-17,25-27,31H,7-9,12-13,18-24H2,1-4H3. The van der Waals surface area contributed by atoms with Gasteiger partial charge in [0.05, 0.1) is 11.9 Å². The maximum atomic E-state index is 13.6. The molecule has 3 heterocycles. The summed E-state index contributed by atoms with van der Waals surface area (Å²) in [5.41, 5.74) is 9.74. The van der Waals surface area contributed by atoms with Crippen LogP contribution >= 0.6 is 0 Å². The van der Waals surface area contributed by atoms with Gasteiger partial charge < -0.3 is 9.64 Å². The molecule has 3 aliphatic heterocycles. The second-order valence-corrected chi connectivity index (χ2v) is 12.7. The summed E-state index contributed by atoms with van der Waals surface area (Å²) in [7, 11) is 1.92. The Morgan fingerprint density at radius 2 is 1.66 bits per heavy atom. The lowest BCUT2D eigenvalue weighted by atomic mass is 9.84. The van der Waals surface area contributed by atoms with E-state index in [-0.39, 0.29) is 5.91 Å². The van der Waals surface area contributed by atoms with E-state index in [2.05, 4.69) is 51.1 Å². The third kappa shape index (κ3) is 7.27. The maximum Gasteiger partial charge on any atom is 0.258 e. The molecule has 1 saturated heterocycles. The highest BCUT2D eigenvalue weighted by atomic mass is 16.5. The number of carbonyl (C=O) groups excluding carboxylic acids is 1. The first-order chi connectivity index (χ1) is 19.9. The zero-order valence-corrected chi connectivity index (χ0v) is 25.6. The fraction of sp³-hybridized carbons (Fsp3) is 0.514. The third-order valence-electron chi connectivity index (χ3n) is 9.80. The van der Waals surface area contributed by atoms with Crippen LogP contribution in [-0.4, -0.2) is 36.8 Å². The van der Waals surface area contributed by atoms with E-state index >= 15 is 0 Å². The van der Waals surface area contributed by atoms with Gasteiger partial charge in [-0.25, -0.2) is 0 Å². The molecule has 0 N–H and O–H groups in total. The SMILES string of the molecule is CC1=C2CCC(C)c3ccccc3C(=O)N(C)C2=CN=C(CCCc2ccc(CC3CCOCCC3C)cc2)CC1. The van der Waals surface area contributed by atoms with Gasteiger partial charge in [0.1, 0.15) is 0 Å². The van der Waals surface area contributed by atoms with Crippen LogP contribution in [-0.2, 0) is 17.6 Å². The Balaban J connectivity index is 1.24. The molecule has 3 aliphatic rings. The lowest BCUT2D eigenvalue weighted by Gasteiger charge is -2.25. The molecule has 0 saturated carbocycles. The van der Waals surface area contributed by atoms with Gasteiger partial charge in [0, 0.05) is 31.5 Å². The van der Waals surface area contributed by atoms with E-state index in [0.717, 1.165) is 93.2 Å². The molecule has 4 heteroatoms. The Kier molecular flexibility index (Phi) is 9.92. The zero-order valence-electron chi connectivity index (χ0n) is 25.6. The first-order valence-electron chi connectivity index (χ1n) is 15.9. The van der Waals surface area contributed by atoms with Gasteiger partial charge in [0.15, 0.2) is 0 Å². The number of hydrogen-bond donors (Lipinski definition) is 0. The van der Waals surface area contributed by atoms with Crippen molar-refractivity contribution in [1.82, 2.24) is 4.90 Å². The van der Waals surface area contributed by atoms with E-state index in [1.54, 1.807) is 0 Å². The van der Waals surface area contributed by atoms with Crippen molar-refractivity contribution in [3.8, 4) is 0 Å². The Morgan fingerprint density at radius 3 is 2.49 bits per heavy atom. The Morgan fingerprint density at radius 1 is 0.902 bits per heavy atom. The molecule has 0 spiro atoms. The quantitative estimate of drug-likeness (QED) is 0.360. The van der Waals surface area contributed by atoms with Gasteiger partial charge in [-0.3, -0.25) is 9.79 Å². The van der Waals surface area contributed by atoms with Crippen LogP contribution < -0.4 is 0 Å². The van der Waals surface area contributed by atoms with E-state index in [4.69, 9.17) is 9.73 Å². The number of aryl methyl sites for hydroxylation is 1. The molecule has 3 atom stereocenters. The monoisotopic (exact) mass is 552 g/mol. The summed E-state index contributed by atoms with van der Waals surface area (Å²) in [6.45, 7) is 8.71. The number of amides is 1. The van der Waals surface area contributed by atoms with E-state index in [1.165, 1.54) is 40.8 Å². The minimum Gasteiger partial charge on any atom is -0.381 e. The fourth-order valence-electron chi connectivity index (χ4n) is 6.81. The molecule has 2 aromatic rings. The van der Waals surface area contributed by atoms with Crippen LogP contribution in [0.2, 0.25) is 0 Å². The summed E-state index contributed by atoms with van der Waals surface area (Å²) in [5, 5.41) is 0. The minimum absolute atomic E-state index is 0.0634.